The van der Waals surface area contributed by atoms with E-state index in [-0.39, 0.29) is 0 Å². The van der Waals surface area contributed by atoms with Crippen molar-refractivity contribution in [2.24, 2.45) is 5.41 Å². The van der Waals surface area contributed by atoms with E-state index in [1.165, 1.54) is 25.9 Å². The first-order chi connectivity index (χ1) is 5.97. The number of rotatable bonds is 2. The van der Waals surface area contributed by atoms with E-state index in [0.717, 1.165) is 6.61 Å². The van der Waals surface area contributed by atoms with Gasteiger partial charge in [0.05, 0.1) is 12.7 Å². The molecule has 2 heteroatoms. The van der Waals surface area contributed by atoms with Crippen LogP contribution in [0, 0.1) is 5.41 Å². The maximum Gasteiger partial charge on any atom is 0.0599 e. The maximum absolute atomic E-state index is 5.87. The fourth-order valence-corrected chi connectivity index (χ4v) is 1.52. The van der Waals surface area contributed by atoms with Crippen LogP contribution in [0.15, 0.2) is 0 Å². The van der Waals surface area contributed by atoms with Gasteiger partial charge in [-0.1, -0.05) is 20.8 Å². The highest BCUT2D eigenvalue weighted by atomic mass is 16.5. The lowest BCUT2D eigenvalue weighted by atomic mass is 9.98. The molecule has 0 aromatic rings. The van der Waals surface area contributed by atoms with Gasteiger partial charge in [0.15, 0.2) is 0 Å². The summed E-state index contributed by atoms with van der Waals surface area (Å²) < 4.78 is 5.87. The summed E-state index contributed by atoms with van der Waals surface area (Å²) in [5.74, 6) is 0. The average Bonchev–Trinajstić information content (AvgIpc) is 2.02. The van der Waals surface area contributed by atoms with Gasteiger partial charge in [0.1, 0.15) is 0 Å². The normalized spacial score (nSPS) is 22.2. The lowest BCUT2D eigenvalue weighted by Crippen LogP contribution is -2.35. The second kappa shape index (κ2) is 4.43. The monoisotopic (exact) mass is 185 g/mol. The lowest BCUT2D eigenvalue weighted by Gasteiger charge is -2.31. The Bertz CT molecular complexity index is 143. The molecule has 1 aliphatic heterocycles. The minimum atomic E-state index is 0.309. The topological polar surface area (TPSA) is 12.5 Å². The molecule has 0 amide bonds. The van der Waals surface area contributed by atoms with Crippen LogP contribution in [0.2, 0.25) is 0 Å². The van der Waals surface area contributed by atoms with Crippen molar-refractivity contribution in [2.45, 2.75) is 39.7 Å². The Morgan fingerprint density at radius 1 is 1.23 bits per heavy atom. The van der Waals surface area contributed by atoms with Gasteiger partial charge < -0.3 is 9.64 Å². The van der Waals surface area contributed by atoms with Gasteiger partial charge in [-0.2, -0.15) is 0 Å². The molecule has 0 atom stereocenters. The molecule has 0 radical (unpaired) electrons. The van der Waals surface area contributed by atoms with Crippen molar-refractivity contribution in [1.82, 2.24) is 4.90 Å². The van der Waals surface area contributed by atoms with Crippen LogP contribution >= 0.6 is 0 Å². The molecule has 1 heterocycles. The van der Waals surface area contributed by atoms with Crippen molar-refractivity contribution in [2.75, 3.05) is 26.7 Å². The zero-order valence-corrected chi connectivity index (χ0v) is 9.47. The summed E-state index contributed by atoms with van der Waals surface area (Å²) in [5.41, 5.74) is 0.309. The van der Waals surface area contributed by atoms with Crippen LogP contribution in [0.3, 0.4) is 0 Å². The maximum atomic E-state index is 5.87. The summed E-state index contributed by atoms with van der Waals surface area (Å²) in [6.45, 7) is 9.94. The van der Waals surface area contributed by atoms with Crippen molar-refractivity contribution >= 4 is 0 Å². The van der Waals surface area contributed by atoms with E-state index in [4.69, 9.17) is 4.74 Å². The fourth-order valence-electron chi connectivity index (χ4n) is 1.52. The number of ether oxygens (including phenoxy) is 1. The Balaban J connectivity index is 2.16. The zero-order chi connectivity index (χ0) is 9.90. The molecule has 1 saturated heterocycles. The molecule has 0 aromatic carbocycles. The molecule has 0 aliphatic carbocycles. The summed E-state index contributed by atoms with van der Waals surface area (Å²) in [6.07, 6.45) is 2.91. The van der Waals surface area contributed by atoms with E-state index in [1.54, 1.807) is 0 Å². The summed E-state index contributed by atoms with van der Waals surface area (Å²) in [7, 11) is 2.18. The van der Waals surface area contributed by atoms with Gasteiger partial charge >= 0.3 is 0 Å². The molecular weight excluding hydrogens is 162 g/mol. The number of likely N-dealkylation sites (tertiary alicyclic amines) is 1. The molecule has 2 nitrogen and oxygen atoms in total. The first-order valence-corrected chi connectivity index (χ1v) is 5.27. The van der Waals surface area contributed by atoms with Crippen molar-refractivity contribution < 1.29 is 4.74 Å². The SMILES string of the molecule is CN1CCC(OCC(C)(C)C)CC1. The molecule has 13 heavy (non-hydrogen) atoms. The highest BCUT2D eigenvalue weighted by molar-refractivity contribution is 4.71. The minimum absolute atomic E-state index is 0.309. The molecule has 0 saturated carbocycles. The molecule has 0 unspecified atom stereocenters. The molecule has 0 bridgehead atoms. The third-order valence-electron chi connectivity index (χ3n) is 2.42. The fraction of sp³-hybridized carbons (Fsp3) is 1.00. The Morgan fingerprint density at radius 3 is 2.23 bits per heavy atom. The summed E-state index contributed by atoms with van der Waals surface area (Å²) in [4.78, 5) is 2.37. The van der Waals surface area contributed by atoms with Crippen molar-refractivity contribution in [3.05, 3.63) is 0 Å². The lowest BCUT2D eigenvalue weighted by molar-refractivity contribution is -0.0204. The van der Waals surface area contributed by atoms with Gasteiger partial charge in [0.25, 0.3) is 0 Å². The third kappa shape index (κ3) is 4.63. The van der Waals surface area contributed by atoms with Crippen LogP contribution in [-0.4, -0.2) is 37.7 Å². The average molecular weight is 185 g/mol. The predicted molar refractivity (Wildman–Crippen MR) is 55.9 cm³/mol. The van der Waals surface area contributed by atoms with Crippen molar-refractivity contribution in [3.63, 3.8) is 0 Å². The first kappa shape index (κ1) is 11.0. The van der Waals surface area contributed by atoms with Crippen molar-refractivity contribution in [3.8, 4) is 0 Å². The Hall–Kier alpha value is -0.0800. The van der Waals surface area contributed by atoms with Gasteiger partial charge in [0.2, 0.25) is 0 Å². The highest BCUT2D eigenvalue weighted by Gasteiger charge is 2.19. The van der Waals surface area contributed by atoms with Crippen molar-refractivity contribution in [1.29, 1.82) is 0 Å². The van der Waals surface area contributed by atoms with E-state index in [0.29, 0.717) is 11.5 Å². The van der Waals surface area contributed by atoms with Crippen LogP contribution in [0.5, 0.6) is 0 Å². The molecule has 0 spiro atoms. The quantitative estimate of drug-likeness (QED) is 0.653. The van der Waals surface area contributed by atoms with Crippen LogP contribution in [0.4, 0.5) is 0 Å². The van der Waals surface area contributed by atoms with Gasteiger partial charge in [0, 0.05) is 13.1 Å². The van der Waals surface area contributed by atoms with Crippen LogP contribution in [0.25, 0.3) is 0 Å². The van der Waals surface area contributed by atoms with Gasteiger partial charge in [-0.05, 0) is 25.3 Å². The molecular formula is C11H23NO. The van der Waals surface area contributed by atoms with Gasteiger partial charge in [-0.25, -0.2) is 0 Å². The van der Waals surface area contributed by atoms with E-state index in [9.17, 15) is 0 Å². The summed E-state index contributed by atoms with van der Waals surface area (Å²) in [6, 6.07) is 0. The van der Waals surface area contributed by atoms with E-state index >= 15 is 0 Å². The Kier molecular flexibility index (Phi) is 3.74. The third-order valence-corrected chi connectivity index (χ3v) is 2.42. The molecule has 0 aromatic heterocycles. The number of hydrogen-bond donors (Lipinski definition) is 0. The minimum Gasteiger partial charge on any atom is -0.378 e. The molecule has 78 valence electrons. The first-order valence-electron chi connectivity index (χ1n) is 5.27. The summed E-state index contributed by atoms with van der Waals surface area (Å²) in [5, 5.41) is 0. The van der Waals surface area contributed by atoms with Crippen LogP contribution < -0.4 is 0 Å². The molecule has 1 aliphatic rings. The van der Waals surface area contributed by atoms with Crippen LogP contribution in [-0.2, 0) is 4.74 Å². The van der Waals surface area contributed by atoms with E-state index in [1.807, 2.05) is 0 Å². The van der Waals surface area contributed by atoms with Gasteiger partial charge in [-0.3, -0.25) is 0 Å². The number of piperidine rings is 1. The standard InChI is InChI=1S/C11H23NO/c1-11(2,3)9-13-10-5-7-12(4)8-6-10/h10H,5-9H2,1-4H3. The van der Waals surface area contributed by atoms with E-state index < -0.39 is 0 Å². The number of nitrogens with zero attached hydrogens (tertiary/aromatic N) is 1. The smallest absolute Gasteiger partial charge is 0.0599 e. The summed E-state index contributed by atoms with van der Waals surface area (Å²) >= 11 is 0. The Morgan fingerprint density at radius 2 is 1.77 bits per heavy atom. The van der Waals surface area contributed by atoms with Crippen LogP contribution in [0.1, 0.15) is 33.6 Å². The highest BCUT2D eigenvalue weighted by Crippen LogP contribution is 2.18. The molecule has 0 N–H and O–H groups in total. The Labute approximate surface area is 82.3 Å². The largest absolute Gasteiger partial charge is 0.378 e. The predicted octanol–water partition coefficient (Wildman–Crippen LogP) is 2.14. The zero-order valence-electron chi connectivity index (χ0n) is 9.47. The van der Waals surface area contributed by atoms with Gasteiger partial charge in [-0.15, -0.1) is 0 Å². The van der Waals surface area contributed by atoms with E-state index in [2.05, 4.69) is 32.7 Å². The molecule has 1 fully saturated rings. The molecule has 1 rings (SSSR count). The second-order valence-corrected chi connectivity index (χ2v) is 5.37. The number of hydrogen-bond acceptors (Lipinski definition) is 2. The second-order valence-electron chi connectivity index (χ2n) is 5.37.